The zero-order chi connectivity index (χ0) is 21.4. The van der Waals surface area contributed by atoms with Gasteiger partial charge in [0, 0.05) is 31.2 Å². The van der Waals surface area contributed by atoms with Crippen LogP contribution in [0.25, 0.3) is 21.9 Å². The molecule has 1 aliphatic rings. The van der Waals surface area contributed by atoms with Crippen molar-refractivity contribution in [3.05, 3.63) is 78.8 Å². The van der Waals surface area contributed by atoms with Crippen molar-refractivity contribution in [3.8, 4) is 11.1 Å². The molecule has 2 amide bonds. The standard InChI is InChI=1S/C24H21N5O2/c1-28-22-10-12-26-29(22)13-11-20(24(28)31)27-23(30)21-14-19-17(15-25-21)8-5-9-18(19)16-6-3-2-4-7-16/h2-10,12,14-15,20H,11,13H2,1H3,(H,27,30). The molecular weight excluding hydrogens is 390 g/mol. The van der Waals surface area contributed by atoms with Gasteiger partial charge in [-0.25, -0.2) is 4.68 Å². The molecule has 0 bridgehead atoms. The van der Waals surface area contributed by atoms with Crippen LogP contribution in [0.2, 0.25) is 0 Å². The first kappa shape index (κ1) is 19.0. The molecule has 0 saturated heterocycles. The molecule has 4 aromatic rings. The van der Waals surface area contributed by atoms with E-state index in [0.29, 0.717) is 13.0 Å². The highest BCUT2D eigenvalue weighted by Crippen LogP contribution is 2.28. The second kappa shape index (κ2) is 7.68. The number of hydrogen-bond donors (Lipinski definition) is 1. The van der Waals surface area contributed by atoms with Crippen LogP contribution in [0.3, 0.4) is 0 Å². The molecule has 1 N–H and O–H groups in total. The summed E-state index contributed by atoms with van der Waals surface area (Å²) in [7, 11) is 1.70. The fraction of sp³-hybridized carbons (Fsp3) is 0.167. The molecule has 5 rings (SSSR count). The Morgan fingerprint density at radius 1 is 1.10 bits per heavy atom. The minimum atomic E-state index is -0.638. The van der Waals surface area contributed by atoms with Crippen LogP contribution in [0, 0.1) is 0 Å². The van der Waals surface area contributed by atoms with E-state index in [0.717, 1.165) is 27.7 Å². The number of hydrogen-bond acceptors (Lipinski definition) is 4. The summed E-state index contributed by atoms with van der Waals surface area (Å²) in [5, 5.41) is 9.01. The van der Waals surface area contributed by atoms with E-state index in [1.807, 2.05) is 48.5 Å². The number of benzene rings is 2. The van der Waals surface area contributed by atoms with Gasteiger partial charge in [0.25, 0.3) is 11.8 Å². The average Bonchev–Trinajstić information content (AvgIpc) is 3.25. The van der Waals surface area contributed by atoms with Gasteiger partial charge in [-0.3, -0.25) is 19.5 Å². The lowest BCUT2D eigenvalue weighted by Crippen LogP contribution is -2.46. The minimum Gasteiger partial charge on any atom is -0.339 e. The first-order chi connectivity index (χ1) is 15.1. The van der Waals surface area contributed by atoms with E-state index in [-0.39, 0.29) is 17.5 Å². The largest absolute Gasteiger partial charge is 0.339 e. The average molecular weight is 411 g/mol. The predicted octanol–water partition coefficient (Wildman–Crippen LogP) is 3.26. The Kier molecular flexibility index (Phi) is 4.71. The van der Waals surface area contributed by atoms with Crippen molar-refractivity contribution in [2.75, 3.05) is 11.9 Å². The van der Waals surface area contributed by atoms with E-state index in [4.69, 9.17) is 0 Å². The summed E-state index contributed by atoms with van der Waals surface area (Å²) in [6.45, 7) is 0.548. The van der Waals surface area contributed by atoms with Gasteiger partial charge < -0.3 is 5.32 Å². The van der Waals surface area contributed by atoms with Gasteiger partial charge in [0.05, 0.1) is 6.20 Å². The fourth-order valence-corrected chi connectivity index (χ4v) is 4.03. The monoisotopic (exact) mass is 411 g/mol. The van der Waals surface area contributed by atoms with Crippen LogP contribution in [0.5, 0.6) is 0 Å². The highest BCUT2D eigenvalue weighted by atomic mass is 16.2. The van der Waals surface area contributed by atoms with Crippen LogP contribution >= 0.6 is 0 Å². The van der Waals surface area contributed by atoms with Crippen LogP contribution in [-0.4, -0.2) is 39.7 Å². The van der Waals surface area contributed by atoms with Crippen LogP contribution in [0.4, 0.5) is 5.82 Å². The molecule has 0 aliphatic carbocycles. The summed E-state index contributed by atoms with van der Waals surface area (Å²) in [4.78, 5) is 31.8. The van der Waals surface area contributed by atoms with Gasteiger partial charge in [-0.05, 0) is 29.0 Å². The number of carbonyl (C=O) groups excluding carboxylic acids is 2. The lowest BCUT2D eigenvalue weighted by Gasteiger charge is -2.20. The Hall–Kier alpha value is -4.00. The number of nitrogens with zero attached hydrogens (tertiary/aromatic N) is 4. The minimum absolute atomic E-state index is 0.168. The lowest BCUT2D eigenvalue weighted by molar-refractivity contribution is -0.120. The number of aryl methyl sites for hydroxylation is 1. The molecule has 2 aromatic carbocycles. The molecule has 0 spiro atoms. The molecule has 2 aromatic heterocycles. The van der Waals surface area contributed by atoms with E-state index in [9.17, 15) is 9.59 Å². The molecule has 7 heteroatoms. The fourth-order valence-electron chi connectivity index (χ4n) is 4.03. The maximum absolute atomic E-state index is 13.0. The number of amides is 2. The lowest BCUT2D eigenvalue weighted by atomic mass is 9.99. The van der Waals surface area contributed by atoms with Crippen molar-refractivity contribution in [1.29, 1.82) is 0 Å². The molecule has 1 aliphatic heterocycles. The van der Waals surface area contributed by atoms with Crippen molar-refractivity contribution in [2.24, 2.45) is 0 Å². The Morgan fingerprint density at radius 3 is 2.77 bits per heavy atom. The molecule has 0 radical (unpaired) electrons. The number of anilines is 1. The maximum Gasteiger partial charge on any atom is 0.270 e. The summed E-state index contributed by atoms with van der Waals surface area (Å²) < 4.78 is 1.77. The summed E-state index contributed by atoms with van der Waals surface area (Å²) in [5.74, 6) is 0.188. The molecular formula is C24H21N5O2. The van der Waals surface area contributed by atoms with Crippen LogP contribution in [-0.2, 0) is 11.3 Å². The van der Waals surface area contributed by atoms with Gasteiger partial charge in [0.1, 0.15) is 17.6 Å². The number of nitrogens with one attached hydrogen (secondary N) is 1. The Bertz CT molecular complexity index is 1280. The highest BCUT2D eigenvalue weighted by Gasteiger charge is 2.30. The van der Waals surface area contributed by atoms with Gasteiger partial charge in [-0.2, -0.15) is 5.10 Å². The van der Waals surface area contributed by atoms with E-state index in [1.165, 1.54) is 4.90 Å². The number of likely N-dealkylation sites (N-methyl/N-ethyl adjacent to an activating group) is 1. The molecule has 1 atom stereocenters. The van der Waals surface area contributed by atoms with E-state index in [1.54, 1.807) is 36.3 Å². The molecule has 0 fully saturated rings. The summed E-state index contributed by atoms with van der Waals surface area (Å²) >= 11 is 0. The first-order valence-corrected chi connectivity index (χ1v) is 10.2. The zero-order valence-electron chi connectivity index (χ0n) is 17.0. The Balaban J connectivity index is 1.44. The number of fused-ring (bicyclic) bond motifs is 2. The van der Waals surface area contributed by atoms with Gasteiger partial charge in [-0.1, -0.05) is 48.5 Å². The van der Waals surface area contributed by atoms with Gasteiger partial charge in [-0.15, -0.1) is 0 Å². The third-order valence-electron chi connectivity index (χ3n) is 5.68. The van der Waals surface area contributed by atoms with Crippen LogP contribution in [0.1, 0.15) is 16.9 Å². The molecule has 0 saturated carbocycles. The predicted molar refractivity (Wildman–Crippen MR) is 119 cm³/mol. The van der Waals surface area contributed by atoms with Crippen molar-refractivity contribution < 1.29 is 9.59 Å². The van der Waals surface area contributed by atoms with Crippen molar-refractivity contribution >= 4 is 28.4 Å². The van der Waals surface area contributed by atoms with Gasteiger partial charge in [0.2, 0.25) is 0 Å². The second-order valence-corrected chi connectivity index (χ2v) is 7.59. The van der Waals surface area contributed by atoms with Crippen molar-refractivity contribution in [3.63, 3.8) is 0 Å². The molecule has 1 unspecified atom stereocenters. The summed E-state index contributed by atoms with van der Waals surface area (Å²) in [6, 6.07) is 19.0. The smallest absolute Gasteiger partial charge is 0.270 e. The molecule has 3 heterocycles. The quantitative estimate of drug-likeness (QED) is 0.561. The topological polar surface area (TPSA) is 80.1 Å². The SMILES string of the molecule is CN1C(=O)C(NC(=O)c2cc3c(-c4ccccc4)cccc3cn2)CCn2nccc21. The van der Waals surface area contributed by atoms with Crippen LogP contribution in [0.15, 0.2) is 73.1 Å². The van der Waals surface area contributed by atoms with E-state index < -0.39 is 6.04 Å². The number of aromatic nitrogens is 3. The van der Waals surface area contributed by atoms with Gasteiger partial charge >= 0.3 is 0 Å². The summed E-state index contributed by atoms with van der Waals surface area (Å²) in [6.07, 6.45) is 3.83. The van der Waals surface area contributed by atoms with E-state index in [2.05, 4.69) is 15.4 Å². The third-order valence-corrected chi connectivity index (χ3v) is 5.68. The zero-order valence-corrected chi connectivity index (χ0v) is 17.0. The third kappa shape index (κ3) is 3.44. The summed E-state index contributed by atoms with van der Waals surface area (Å²) in [5.41, 5.74) is 2.39. The molecule has 154 valence electrons. The molecule has 31 heavy (non-hydrogen) atoms. The molecule has 7 nitrogen and oxygen atoms in total. The van der Waals surface area contributed by atoms with E-state index >= 15 is 0 Å². The Morgan fingerprint density at radius 2 is 1.94 bits per heavy atom. The number of pyridine rings is 1. The Labute approximate surface area is 179 Å². The van der Waals surface area contributed by atoms with Crippen LogP contribution < -0.4 is 10.2 Å². The van der Waals surface area contributed by atoms with Crippen molar-refractivity contribution in [1.82, 2.24) is 20.1 Å². The first-order valence-electron chi connectivity index (χ1n) is 10.2. The highest BCUT2D eigenvalue weighted by molar-refractivity contribution is 6.04. The normalized spacial score (nSPS) is 16.1. The number of rotatable bonds is 3. The second-order valence-electron chi connectivity index (χ2n) is 7.59. The maximum atomic E-state index is 13.0. The van der Waals surface area contributed by atoms with Gasteiger partial charge in [0.15, 0.2) is 0 Å². The number of carbonyl (C=O) groups is 2. The van der Waals surface area contributed by atoms with Crippen molar-refractivity contribution in [2.45, 2.75) is 19.0 Å².